The third-order valence-electron chi connectivity index (χ3n) is 2.69. The Balaban J connectivity index is 2.36. The zero-order chi connectivity index (χ0) is 12.1. The van der Waals surface area contributed by atoms with Crippen molar-refractivity contribution in [2.24, 2.45) is 5.92 Å². The fourth-order valence-corrected chi connectivity index (χ4v) is 1.73. The number of nitrogens with one attached hydrogen (secondary N) is 1. The Morgan fingerprint density at radius 1 is 1.62 bits per heavy atom. The minimum atomic E-state index is -1.03. The van der Waals surface area contributed by atoms with Gasteiger partial charge >= 0.3 is 12.0 Å². The first kappa shape index (κ1) is 12.8. The number of carboxylic acids is 1. The fourth-order valence-electron chi connectivity index (χ4n) is 1.73. The SMILES string of the molecule is COCC1CCN(C(=O)N[C@H](C)C(=O)O)C1. The Labute approximate surface area is 94.6 Å². The number of carboxylic acid groups (broad SMARTS) is 1. The van der Waals surface area contributed by atoms with Crippen molar-refractivity contribution in [1.29, 1.82) is 0 Å². The predicted molar refractivity (Wildman–Crippen MR) is 57.2 cm³/mol. The van der Waals surface area contributed by atoms with Crippen molar-refractivity contribution in [3.8, 4) is 0 Å². The predicted octanol–water partition coefficient (Wildman–Crippen LogP) is 0.137. The van der Waals surface area contributed by atoms with Crippen LogP contribution in [0.25, 0.3) is 0 Å². The quantitative estimate of drug-likeness (QED) is 0.720. The lowest BCUT2D eigenvalue weighted by Gasteiger charge is -2.19. The Hall–Kier alpha value is -1.30. The van der Waals surface area contributed by atoms with E-state index in [0.29, 0.717) is 25.6 Å². The summed E-state index contributed by atoms with van der Waals surface area (Å²) in [7, 11) is 1.63. The number of carbonyl (C=O) groups is 2. The highest BCUT2D eigenvalue weighted by Gasteiger charge is 2.27. The molecule has 0 radical (unpaired) electrons. The monoisotopic (exact) mass is 230 g/mol. The van der Waals surface area contributed by atoms with Crippen molar-refractivity contribution in [2.75, 3.05) is 26.8 Å². The zero-order valence-electron chi connectivity index (χ0n) is 9.60. The Kier molecular flexibility index (Phi) is 4.54. The number of ether oxygens (including phenoxy) is 1. The van der Waals surface area contributed by atoms with Crippen molar-refractivity contribution in [1.82, 2.24) is 10.2 Å². The molecule has 0 aromatic heterocycles. The van der Waals surface area contributed by atoms with Crippen molar-refractivity contribution < 1.29 is 19.4 Å². The van der Waals surface area contributed by atoms with E-state index < -0.39 is 12.0 Å². The summed E-state index contributed by atoms with van der Waals surface area (Å²) < 4.78 is 5.02. The number of nitrogens with zero attached hydrogens (tertiary/aromatic N) is 1. The van der Waals surface area contributed by atoms with Crippen molar-refractivity contribution in [3.63, 3.8) is 0 Å². The van der Waals surface area contributed by atoms with Crippen LogP contribution in [-0.4, -0.2) is 54.9 Å². The van der Waals surface area contributed by atoms with Gasteiger partial charge in [-0.3, -0.25) is 4.79 Å². The maximum atomic E-state index is 11.6. The minimum absolute atomic E-state index is 0.312. The molecule has 92 valence electrons. The number of likely N-dealkylation sites (tertiary alicyclic amines) is 1. The first-order valence-corrected chi connectivity index (χ1v) is 5.31. The maximum Gasteiger partial charge on any atom is 0.325 e. The molecule has 0 aliphatic carbocycles. The number of amides is 2. The van der Waals surface area contributed by atoms with Gasteiger partial charge in [0.1, 0.15) is 6.04 Å². The average Bonchev–Trinajstić information content (AvgIpc) is 2.66. The second-order valence-corrected chi connectivity index (χ2v) is 4.07. The van der Waals surface area contributed by atoms with Crippen molar-refractivity contribution in [3.05, 3.63) is 0 Å². The van der Waals surface area contributed by atoms with Gasteiger partial charge in [0.2, 0.25) is 0 Å². The summed E-state index contributed by atoms with van der Waals surface area (Å²) in [6.45, 7) is 3.37. The second-order valence-electron chi connectivity index (χ2n) is 4.07. The molecule has 1 heterocycles. The van der Waals surface area contributed by atoms with Crippen molar-refractivity contribution >= 4 is 12.0 Å². The topological polar surface area (TPSA) is 78.9 Å². The van der Waals surface area contributed by atoms with E-state index in [1.165, 1.54) is 6.92 Å². The van der Waals surface area contributed by atoms with Gasteiger partial charge in [0.05, 0.1) is 6.61 Å². The molecule has 1 fully saturated rings. The van der Waals surface area contributed by atoms with E-state index in [1.807, 2.05) is 0 Å². The fraction of sp³-hybridized carbons (Fsp3) is 0.800. The normalized spacial score (nSPS) is 21.9. The molecule has 0 aromatic rings. The summed E-state index contributed by atoms with van der Waals surface area (Å²) in [5.41, 5.74) is 0. The van der Waals surface area contributed by atoms with E-state index in [0.717, 1.165) is 6.42 Å². The molecule has 1 aliphatic rings. The van der Waals surface area contributed by atoms with Crippen LogP contribution in [0.2, 0.25) is 0 Å². The van der Waals surface area contributed by atoms with Crippen molar-refractivity contribution in [2.45, 2.75) is 19.4 Å². The van der Waals surface area contributed by atoms with Crippen LogP contribution < -0.4 is 5.32 Å². The lowest BCUT2D eigenvalue weighted by atomic mass is 10.1. The number of methoxy groups -OCH3 is 1. The highest BCUT2D eigenvalue weighted by Crippen LogP contribution is 2.16. The van der Waals surface area contributed by atoms with Gasteiger partial charge in [-0.25, -0.2) is 4.79 Å². The van der Waals surface area contributed by atoms with Gasteiger partial charge in [-0.05, 0) is 13.3 Å². The largest absolute Gasteiger partial charge is 0.480 e. The zero-order valence-corrected chi connectivity index (χ0v) is 9.60. The maximum absolute atomic E-state index is 11.6. The molecule has 1 rings (SSSR count). The Morgan fingerprint density at radius 2 is 2.31 bits per heavy atom. The Morgan fingerprint density at radius 3 is 2.88 bits per heavy atom. The third-order valence-corrected chi connectivity index (χ3v) is 2.69. The van der Waals surface area contributed by atoms with Crippen LogP contribution in [0.1, 0.15) is 13.3 Å². The van der Waals surface area contributed by atoms with Crippen LogP contribution in [0.4, 0.5) is 4.79 Å². The Bertz CT molecular complexity index is 270. The average molecular weight is 230 g/mol. The molecular formula is C10H18N2O4. The summed E-state index contributed by atoms with van der Waals surface area (Å²) in [5, 5.41) is 11.1. The van der Waals surface area contributed by atoms with E-state index >= 15 is 0 Å². The third kappa shape index (κ3) is 3.37. The highest BCUT2D eigenvalue weighted by atomic mass is 16.5. The van der Waals surface area contributed by atoms with Gasteiger partial charge in [-0.1, -0.05) is 0 Å². The molecule has 0 bridgehead atoms. The molecule has 6 nitrogen and oxygen atoms in total. The number of rotatable bonds is 4. The van der Waals surface area contributed by atoms with Gasteiger partial charge in [-0.15, -0.1) is 0 Å². The molecular weight excluding hydrogens is 212 g/mol. The summed E-state index contributed by atoms with van der Waals surface area (Å²) in [4.78, 5) is 23.8. The molecule has 2 atom stereocenters. The summed E-state index contributed by atoms with van der Waals surface area (Å²) in [6, 6.07) is -1.16. The van der Waals surface area contributed by atoms with Crippen LogP contribution in [0, 0.1) is 5.92 Å². The lowest BCUT2D eigenvalue weighted by Crippen LogP contribution is -2.45. The first-order valence-electron chi connectivity index (χ1n) is 5.31. The molecule has 0 saturated carbocycles. The standard InChI is InChI=1S/C10H18N2O4/c1-7(9(13)14)11-10(15)12-4-3-8(5-12)6-16-2/h7-8H,3-6H2,1-2H3,(H,11,15)(H,13,14)/t7-,8?/m1/s1. The second kappa shape index (κ2) is 5.69. The molecule has 0 aromatic carbocycles. The number of carbonyl (C=O) groups excluding carboxylic acids is 1. The molecule has 2 amide bonds. The van der Waals surface area contributed by atoms with Crippen LogP contribution in [0.3, 0.4) is 0 Å². The number of hydrogen-bond donors (Lipinski definition) is 2. The van der Waals surface area contributed by atoms with Gasteiger partial charge in [0.15, 0.2) is 0 Å². The van der Waals surface area contributed by atoms with Gasteiger partial charge < -0.3 is 20.1 Å². The number of hydrogen-bond acceptors (Lipinski definition) is 3. The molecule has 0 spiro atoms. The molecule has 1 unspecified atom stereocenters. The number of aliphatic carboxylic acids is 1. The molecule has 6 heteroatoms. The summed E-state index contributed by atoms with van der Waals surface area (Å²) in [5.74, 6) is -0.670. The van der Waals surface area contributed by atoms with E-state index in [-0.39, 0.29) is 6.03 Å². The lowest BCUT2D eigenvalue weighted by molar-refractivity contribution is -0.138. The first-order chi connectivity index (χ1) is 7.54. The molecule has 16 heavy (non-hydrogen) atoms. The van der Waals surface area contributed by atoms with Gasteiger partial charge in [0, 0.05) is 26.1 Å². The molecule has 1 saturated heterocycles. The smallest absolute Gasteiger partial charge is 0.325 e. The van der Waals surface area contributed by atoms with E-state index in [2.05, 4.69) is 5.32 Å². The summed E-state index contributed by atoms with van der Waals surface area (Å²) in [6.07, 6.45) is 0.905. The van der Waals surface area contributed by atoms with Crippen LogP contribution in [0.5, 0.6) is 0 Å². The van der Waals surface area contributed by atoms with E-state index in [9.17, 15) is 9.59 Å². The van der Waals surface area contributed by atoms with E-state index in [4.69, 9.17) is 9.84 Å². The van der Waals surface area contributed by atoms with Gasteiger partial charge in [0.25, 0.3) is 0 Å². The van der Waals surface area contributed by atoms with Crippen LogP contribution in [0.15, 0.2) is 0 Å². The van der Waals surface area contributed by atoms with Gasteiger partial charge in [-0.2, -0.15) is 0 Å². The number of urea groups is 1. The molecule has 2 N–H and O–H groups in total. The van der Waals surface area contributed by atoms with Crippen LogP contribution >= 0.6 is 0 Å². The highest BCUT2D eigenvalue weighted by molar-refractivity contribution is 5.82. The summed E-state index contributed by atoms with van der Waals surface area (Å²) >= 11 is 0. The van der Waals surface area contributed by atoms with Crippen LogP contribution in [-0.2, 0) is 9.53 Å². The van der Waals surface area contributed by atoms with E-state index in [1.54, 1.807) is 12.0 Å². The molecule has 1 aliphatic heterocycles. The minimum Gasteiger partial charge on any atom is -0.480 e.